The van der Waals surface area contributed by atoms with Gasteiger partial charge in [0, 0.05) is 12.6 Å². The first-order chi connectivity index (χ1) is 12.3. The Labute approximate surface area is 151 Å². The highest BCUT2D eigenvalue weighted by Gasteiger charge is 2.42. The fourth-order valence-electron chi connectivity index (χ4n) is 3.55. The molecule has 0 spiro atoms. The van der Waals surface area contributed by atoms with E-state index in [1.54, 1.807) is 0 Å². The molecule has 2 N–H and O–H groups in total. The number of fused-ring (bicyclic) bond motifs is 3. The number of nitrogens with one attached hydrogen (secondary N) is 2. The summed E-state index contributed by atoms with van der Waals surface area (Å²) in [7, 11) is -3.80. The Hall–Kier alpha value is -2.45. The van der Waals surface area contributed by atoms with E-state index in [1.165, 1.54) is 19.1 Å². The zero-order chi connectivity index (χ0) is 18.5. The van der Waals surface area contributed by atoms with Crippen molar-refractivity contribution in [3.05, 3.63) is 53.8 Å². The van der Waals surface area contributed by atoms with Crippen LogP contribution in [0.3, 0.4) is 0 Å². The minimum Gasteiger partial charge on any atom is -0.356 e. The quantitative estimate of drug-likeness (QED) is 0.860. The van der Waals surface area contributed by atoms with Gasteiger partial charge in [-0.15, -0.1) is 0 Å². The van der Waals surface area contributed by atoms with Crippen molar-refractivity contribution in [2.24, 2.45) is 0 Å². The van der Waals surface area contributed by atoms with Gasteiger partial charge in [-0.3, -0.25) is 4.79 Å². The Balaban J connectivity index is 1.57. The smallest absolute Gasteiger partial charge is 0.247 e. The van der Waals surface area contributed by atoms with Crippen molar-refractivity contribution in [2.75, 3.05) is 16.8 Å². The number of benzene rings is 2. The van der Waals surface area contributed by atoms with Crippen LogP contribution in [-0.4, -0.2) is 33.0 Å². The van der Waals surface area contributed by atoms with Crippen LogP contribution in [0.4, 0.5) is 15.8 Å². The Morgan fingerprint density at radius 1 is 1.23 bits per heavy atom. The summed E-state index contributed by atoms with van der Waals surface area (Å²) in [5, 5.41) is 2.86. The number of hydrogen-bond donors (Lipinski definition) is 2. The predicted molar refractivity (Wildman–Crippen MR) is 96.1 cm³/mol. The van der Waals surface area contributed by atoms with Gasteiger partial charge in [0.25, 0.3) is 0 Å². The Kier molecular flexibility index (Phi) is 3.96. The number of sulfonamides is 1. The van der Waals surface area contributed by atoms with Crippen molar-refractivity contribution in [2.45, 2.75) is 30.3 Å². The summed E-state index contributed by atoms with van der Waals surface area (Å²) in [4.78, 5) is 14.3. The lowest BCUT2D eigenvalue weighted by molar-refractivity contribution is -0.117. The van der Waals surface area contributed by atoms with Gasteiger partial charge in [-0.1, -0.05) is 12.1 Å². The van der Waals surface area contributed by atoms with Crippen LogP contribution in [0, 0.1) is 12.7 Å². The molecule has 2 heterocycles. The van der Waals surface area contributed by atoms with E-state index in [4.69, 9.17) is 0 Å². The van der Waals surface area contributed by atoms with E-state index >= 15 is 0 Å². The highest BCUT2D eigenvalue weighted by Crippen LogP contribution is 2.36. The molecule has 136 valence electrons. The van der Waals surface area contributed by atoms with Crippen molar-refractivity contribution in [3.8, 4) is 0 Å². The van der Waals surface area contributed by atoms with E-state index in [-0.39, 0.29) is 16.4 Å². The van der Waals surface area contributed by atoms with E-state index in [2.05, 4.69) is 10.0 Å². The highest BCUT2D eigenvalue weighted by atomic mass is 32.2. The molecule has 2 aliphatic rings. The molecule has 0 aromatic heterocycles. The molecule has 2 atom stereocenters. The number of rotatable bonds is 3. The molecule has 0 saturated carbocycles. The van der Waals surface area contributed by atoms with E-state index in [0.717, 1.165) is 17.4 Å². The van der Waals surface area contributed by atoms with Crippen molar-refractivity contribution in [1.29, 1.82) is 0 Å². The minimum atomic E-state index is -3.80. The molecule has 0 radical (unpaired) electrons. The molecular weight excluding hydrogens is 357 g/mol. The standard InChI is InChI=1S/C18H18FN3O3S/c1-11-8-13(6-7-14(11)19)26(24,25)21-12-9-17-18(23)20-15-4-2-3-5-16(15)22(17)10-12/h2-8,12,17,21H,9-10H2,1H3,(H,20,23). The first-order valence-corrected chi connectivity index (χ1v) is 9.78. The SMILES string of the molecule is Cc1cc(S(=O)(=O)NC2CC3C(=O)Nc4ccccc4N3C2)ccc1F. The molecule has 2 aliphatic heterocycles. The monoisotopic (exact) mass is 375 g/mol. The topological polar surface area (TPSA) is 78.5 Å². The molecule has 2 unspecified atom stereocenters. The normalized spacial score (nSPS) is 21.9. The minimum absolute atomic E-state index is 0.0196. The molecule has 8 heteroatoms. The fraction of sp³-hybridized carbons (Fsp3) is 0.278. The number of halogens is 1. The molecule has 4 rings (SSSR count). The number of aryl methyl sites for hydroxylation is 1. The summed E-state index contributed by atoms with van der Waals surface area (Å²) < 4.78 is 41.3. The van der Waals surface area contributed by atoms with Gasteiger partial charge in [0.15, 0.2) is 0 Å². The van der Waals surface area contributed by atoms with E-state index in [0.29, 0.717) is 13.0 Å². The maximum Gasteiger partial charge on any atom is 0.247 e. The zero-order valence-electron chi connectivity index (χ0n) is 14.1. The van der Waals surface area contributed by atoms with Crippen LogP contribution >= 0.6 is 0 Å². The largest absolute Gasteiger partial charge is 0.356 e. The molecule has 2 aromatic carbocycles. The van der Waals surface area contributed by atoms with E-state index in [1.807, 2.05) is 29.2 Å². The maximum absolute atomic E-state index is 13.4. The van der Waals surface area contributed by atoms with Gasteiger partial charge < -0.3 is 10.2 Å². The predicted octanol–water partition coefficient (Wildman–Crippen LogP) is 2.01. The second-order valence-corrected chi connectivity index (χ2v) is 8.35. The van der Waals surface area contributed by atoms with E-state index < -0.39 is 27.9 Å². The molecule has 1 amide bonds. The van der Waals surface area contributed by atoms with Crippen molar-refractivity contribution >= 4 is 27.3 Å². The Morgan fingerprint density at radius 3 is 2.77 bits per heavy atom. The highest BCUT2D eigenvalue weighted by molar-refractivity contribution is 7.89. The summed E-state index contributed by atoms with van der Waals surface area (Å²) in [6, 6.07) is 10.3. The molecule has 2 aromatic rings. The van der Waals surface area contributed by atoms with Crippen LogP contribution in [0.25, 0.3) is 0 Å². The van der Waals surface area contributed by atoms with Crippen LogP contribution in [0.5, 0.6) is 0 Å². The molecule has 1 fully saturated rings. The number of para-hydroxylation sites is 2. The van der Waals surface area contributed by atoms with Crippen molar-refractivity contribution in [3.63, 3.8) is 0 Å². The average Bonchev–Trinajstić information content (AvgIpc) is 3.01. The van der Waals surface area contributed by atoms with Crippen LogP contribution in [0.2, 0.25) is 0 Å². The van der Waals surface area contributed by atoms with Crippen LogP contribution in [-0.2, 0) is 14.8 Å². The van der Waals surface area contributed by atoms with Crippen LogP contribution in [0.15, 0.2) is 47.4 Å². The lowest BCUT2D eigenvalue weighted by atomic mass is 10.1. The van der Waals surface area contributed by atoms with Gasteiger partial charge in [0.05, 0.1) is 16.3 Å². The third-order valence-electron chi connectivity index (χ3n) is 4.84. The van der Waals surface area contributed by atoms with Gasteiger partial charge >= 0.3 is 0 Å². The molecule has 0 aliphatic carbocycles. The molecule has 0 bridgehead atoms. The van der Waals surface area contributed by atoms with E-state index in [9.17, 15) is 17.6 Å². The van der Waals surface area contributed by atoms with Gasteiger partial charge in [-0.05, 0) is 49.2 Å². The lowest BCUT2D eigenvalue weighted by Crippen LogP contribution is -2.44. The zero-order valence-corrected chi connectivity index (χ0v) is 14.9. The summed E-state index contributed by atoms with van der Waals surface area (Å²) in [5.41, 5.74) is 1.88. The van der Waals surface area contributed by atoms with Crippen LogP contribution < -0.4 is 14.9 Å². The van der Waals surface area contributed by atoms with Crippen molar-refractivity contribution in [1.82, 2.24) is 4.72 Å². The average molecular weight is 375 g/mol. The third-order valence-corrected chi connectivity index (χ3v) is 6.35. The number of nitrogens with zero attached hydrogens (tertiary/aromatic N) is 1. The lowest BCUT2D eigenvalue weighted by Gasteiger charge is -2.32. The summed E-state index contributed by atoms with van der Waals surface area (Å²) in [6.45, 7) is 1.92. The Morgan fingerprint density at radius 2 is 2.00 bits per heavy atom. The number of anilines is 2. The number of hydrogen-bond acceptors (Lipinski definition) is 4. The summed E-state index contributed by atoms with van der Waals surface area (Å²) in [6.07, 6.45) is 0.375. The van der Waals surface area contributed by atoms with Crippen molar-refractivity contribution < 1.29 is 17.6 Å². The van der Waals surface area contributed by atoms with Gasteiger partial charge in [0.2, 0.25) is 15.9 Å². The number of carbonyl (C=O) groups excluding carboxylic acids is 1. The van der Waals surface area contributed by atoms with Gasteiger partial charge in [-0.25, -0.2) is 17.5 Å². The second kappa shape index (κ2) is 6.07. The maximum atomic E-state index is 13.4. The van der Waals surface area contributed by atoms with Gasteiger partial charge in [0.1, 0.15) is 11.9 Å². The molecule has 26 heavy (non-hydrogen) atoms. The first kappa shape index (κ1) is 17.0. The van der Waals surface area contributed by atoms with Gasteiger partial charge in [-0.2, -0.15) is 0 Å². The third kappa shape index (κ3) is 2.85. The number of carbonyl (C=O) groups is 1. The molecule has 1 saturated heterocycles. The second-order valence-electron chi connectivity index (χ2n) is 6.64. The van der Waals surface area contributed by atoms with Crippen LogP contribution in [0.1, 0.15) is 12.0 Å². The molecule has 6 nitrogen and oxygen atoms in total. The molecular formula is C18H18FN3O3S. The Bertz CT molecular complexity index is 993. The summed E-state index contributed by atoms with van der Waals surface area (Å²) in [5.74, 6) is -0.585. The number of amides is 1. The fourth-order valence-corrected chi connectivity index (χ4v) is 4.88. The first-order valence-electron chi connectivity index (χ1n) is 8.30. The summed E-state index contributed by atoms with van der Waals surface area (Å²) >= 11 is 0.